The lowest BCUT2D eigenvalue weighted by Crippen LogP contribution is -2.42. The molecule has 0 fully saturated rings. The smallest absolute Gasteiger partial charge is 0.264 e. The number of sulfone groups is 1. The largest absolute Gasteiger partial charge is 0.348 e. The Kier molecular flexibility index (Phi) is 8.80. The zero-order valence-electron chi connectivity index (χ0n) is 20.0. The molecule has 0 aliphatic heterocycles. The van der Waals surface area contributed by atoms with Crippen molar-refractivity contribution in [1.29, 1.82) is 0 Å². The van der Waals surface area contributed by atoms with Gasteiger partial charge in [0.2, 0.25) is 5.91 Å². The van der Waals surface area contributed by atoms with Crippen LogP contribution in [0.15, 0.2) is 87.5 Å². The van der Waals surface area contributed by atoms with E-state index >= 15 is 0 Å². The van der Waals surface area contributed by atoms with E-state index in [4.69, 9.17) is 0 Å². The average molecular weight is 551 g/mol. The molecule has 0 bridgehead atoms. The summed E-state index contributed by atoms with van der Waals surface area (Å²) in [6.45, 7) is 1.26. The van der Waals surface area contributed by atoms with Crippen molar-refractivity contribution in [1.82, 2.24) is 5.32 Å². The molecule has 1 amide bonds. The molecule has 3 aromatic carbocycles. The van der Waals surface area contributed by atoms with E-state index < -0.39 is 44.2 Å². The first-order valence-electron chi connectivity index (χ1n) is 11.0. The summed E-state index contributed by atoms with van der Waals surface area (Å²) in [7, 11) is -7.56. The molecular weight excluding hydrogens is 523 g/mol. The van der Waals surface area contributed by atoms with Gasteiger partial charge in [0, 0.05) is 11.2 Å². The van der Waals surface area contributed by atoms with Gasteiger partial charge in [0.15, 0.2) is 9.84 Å². The summed E-state index contributed by atoms with van der Waals surface area (Å²) in [5, 5.41) is 2.81. The van der Waals surface area contributed by atoms with Gasteiger partial charge in [0.25, 0.3) is 10.0 Å². The van der Waals surface area contributed by atoms with E-state index in [-0.39, 0.29) is 15.5 Å². The number of hydrogen-bond donors (Lipinski definition) is 1. The fraction of sp³-hybridized carbons (Fsp3) is 0.240. The third kappa shape index (κ3) is 6.65. The predicted octanol–water partition coefficient (Wildman–Crippen LogP) is 4.41. The predicted molar refractivity (Wildman–Crippen MR) is 140 cm³/mol. The van der Waals surface area contributed by atoms with Crippen molar-refractivity contribution in [3.8, 4) is 0 Å². The second-order valence-electron chi connectivity index (χ2n) is 8.04. The maximum atomic E-state index is 14.0. The van der Waals surface area contributed by atoms with Gasteiger partial charge in [-0.1, -0.05) is 25.1 Å². The number of carbonyl (C=O) groups is 1. The second kappa shape index (κ2) is 11.4. The van der Waals surface area contributed by atoms with Crippen molar-refractivity contribution in [3.63, 3.8) is 0 Å². The molecule has 7 nitrogen and oxygen atoms in total. The molecule has 3 aromatic rings. The number of nitrogens with one attached hydrogen (secondary N) is 1. The summed E-state index contributed by atoms with van der Waals surface area (Å²) in [6.07, 6.45) is 3.45. The Hall–Kier alpha value is -2.89. The van der Waals surface area contributed by atoms with Crippen LogP contribution in [0.2, 0.25) is 0 Å². The van der Waals surface area contributed by atoms with E-state index in [9.17, 15) is 26.0 Å². The van der Waals surface area contributed by atoms with Gasteiger partial charge in [0.1, 0.15) is 12.4 Å². The molecule has 3 rings (SSSR count). The number of hydrogen-bond acceptors (Lipinski definition) is 6. The summed E-state index contributed by atoms with van der Waals surface area (Å²) < 4.78 is 65.3. The summed E-state index contributed by atoms with van der Waals surface area (Å²) in [5.74, 6) is -1.23. The summed E-state index contributed by atoms with van der Waals surface area (Å²) >= 11 is 1.46. The molecule has 1 atom stereocenters. The number of anilines is 1. The van der Waals surface area contributed by atoms with Crippen molar-refractivity contribution < 1.29 is 26.0 Å². The molecule has 0 radical (unpaired) electrons. The van der Waals surface area contributed by atoms with Crippen molar-refractivity contribution in [3.05, 3.63) is 84.2 Å². The minimum atomic E-state index is -4.19. The van der Waals surface area contributed by atoms with Crippen LogP contribution in [0, 0.1) is 5.82 Å². The Labute approximate surface area is 215 Å². The second-order valence-corrected chi connectivity index (χ2v) is 12.8. The average Bonchev–Trinajstić information content (AvgIpc) is 2.85. The van der Waals surface area contributed by atoms with Crippen LogP contribution < -0.4 is 9.62 Å². The quantitative estimate of drug-likeness (QED) is 0.375. The minimum Gasteiger partial charge on any atom is -0.348 e. The first kappa shape index (κ1) is 27.7. The summed E-state index contributed by atoms with van der Waals surface area (Å²) in [6, 6.07) is 16.9. The minimum absolute atomic E-state index is 0.0182. The fourth-order valence-corrected chi connectivity index (χ4v) is 6.01. The summed E-state index contributed by atoms with van der Waals surface area (Å²) in [5.41, 5.74) is 0.690. The molecule has 1 N–H and O–H groups in total. The molecule has 192 valence electrons. The molecule has 1 unspecified atom stereocenters. The van der Waals surface area contributed by atoms with E-state index in [0.29, 0.717) is 12.0 Å². The standard InChI is InChI=1S/C25H27FN2O5S3/c1-4-24(18-8-12-22(13-9-18)35(3,30)31)27-25(29)17-28(20-7-5-6-19(26)16-20)36(32,33)23-14-10-21(34-2)11-15-23/h5-16,24H,4,17H2,1-3H3,(H,27,29). The maximum Gasteiger partial charge on any atom is 0.264 e. The van der Waals surface area contributed by atoms with E-state index in [1.165, 1.54) is 54.2 Å². The van der Waals surface area contributed by atoms with E-state index in [1.54, 1.807) is 24.3 Å². The fourth-order valence-electron chi connectivity index (χ4n) is 3.56. The molecule has 0 spiro atoms. The van der Waals surface area contributed by atoms with Gasteiger partial charge in [-0.25, -0.2) is 21.2 Å². The van der Waals surface area contributed by atoms with Gasteiger partial charge in [-0.3, -0.25) is 9.10 Å². The molecule has 0 aliphatic rings. The zero-order valence-corrected chi connectivity index (χ0v) is 22.5. The van der Waals surface area contributed by atoms with Gasteiger partial charge in [-0.15, -0.1) is 11.8 Å². The first-order valence-corrected chi connectivity index (χ1v) is 15.5. The highest BCUT2D eigenvalue weighted by atomic mass is 32.2. The topological polar surface area (TPSA) is 101 Å². The Morgan fingerprint density at radius 3 is 2.11 bits per heavy atom. The molecule has 0 saturated heterocycles. The van der Waals surface area contributed by atoms with E-state index in [0.717, 1.165) is 21.5 Å². The zero-order chi connectivity index (χ0) is 26.5. The van der Waals surface area contributed by atoms with Crippen molar-refractivity contribution in [2.24, 2.45) is 0 Å². The molecule has 0 saturated carbocycles. The molecule has 0 heterocycles. The first-order chi connectivity index (χ1) is 17.0. The van der Waals surface area contributed by atoms with Gasteiger partial charge in [0.05, 0.1) is 21.5 Å². The van der Waals surface area contributed by atoms with Gasteiger partial charge in [-0.05, 0) is 72.8 Å². The number of sulfonamides is 1. The maximum absolute atomic E-state index is 14.0. The number of halogens is 1. The Morgan fingerprint density at radius 2 is 1.58 bits per heavy atom. The number of thioether (sulfide) groups is 1. The van der Waals surface area contributed by atoms with E-state index in [1.807, 2.05) is 13.2 Å². The van der Waals surface area contributed by atoms with Crippen LogP contribution in [-0.4, -0.2) is 41.8 Å². The van der Waals surface area contributed by atoms with Crippen LogP contribution >= 0.6 is 11.8 Å². The number of nitrogens with zero attached hydrogens (tertiary/aromatic N) is 1. The lowest BCUT2D eigenvalue weighted by atomic mass is 10.0. The number of amides is 1. The Balaban J connectivity index is 1.89. The Morgan fingerprint density at radius 1 is 0.972 bits per heavy atom. The van der Waals surface area contributed by atoms with E-state index in [2.05, 4.69) is 5.32 Å². The normalized spacial score (nSPS) is 12.7. The van der Waals surface area contributed by atoms with Crippen molar-refractivity contribution >= 4 is 43.2 Å². The number of rotatable bonds is 10. The van der Waals surface area contributed by atoms with Gasteiger partial charge >= 0.3 is 0 Å². The van der Waals surface area contributed by atoms with Crippen LogP contribution in [0.1, 0.15) is 24.9 Å². The summed E-state index contributed by atoms with van der Waals surface area (Å²) in [4.78, 5) is 14.0. The van der Waals surface area contributed by atoms with Gasteiger partial charge < -0.3 is 5.32 Å². The van der Waals surface area contributed by atoms with Crippen LogP contribution in [0.5, 0.6) is 0 Å². The molecule has 0 aromatic heterocycles. The number of carbonyl (C=O) groups excluding carboxylic acids is 1. The molecular formula is C25H27FN2O5S3. The van der Waals surface area contributed by atoms with Gasteiger partial charge in [-0.2, -0.15) is 0 Å². The Bertz CT molecular complexity index is 1430. The highest BCUT2D eigenvalue weighted by Crippen LogP contribution is 2.26. The van der Waals surface area contributed by atoms with Crippen LogP contribution in [0.4, 0.5) is 10.1 Å². The van der Waals surface area contributed by atoms with Crippen LogP contribution in [0.3, 0.4) is 0 Å². The molecule has 0 aliphatic carbocycles. The molecule has 11 heteroatoms. The van der Waals surface area contributed by atoms with Crippen molar-refractivity contribution in [2.45, 2.75) is 34.1 Å². The lowest BCUT2D eigenvalue weighted by Gasteiger charge is -2.26. The SMILES string of the molecule is CCC(NC(=O)CN(c1cccc(F)c1)S(=O)(=O)c1ccc(SC)cc1)c1ccc(S(C)(=O)=O)cc1. The third-order valence-electron chi connectivity index (χ3n) is 5.48. The van der Waals surface area contributed by atoms with Crippen molar-refractivity contribution in [2.75, 3.05) is 23.4 Å². The highest BCUT2D eigenvalue weighted by molar-refractivity contribution is 7.98. The number of benzene rings is 3. The lowest BCUT2D eigenvalue weighted by molar-refractivity contribution is -0.120. The third-order valence-corrected chi connectivity index (χ3v) is 9.15. The monoisotopic (exact) mass is 550 g/mol. The van der Waals surface area contributed by atoms with Crippen LogP contribution in [0.25, 0.3) is 0 Å². The molecule has 36 heavy (non-hydrogen) atoms. The highest BCUT2D eigenvalue weighted by Gasteiger charge is 2.28. The van der Waals surface area contributed by atoms with Crippen LogP contribution in [-0.2, 0) is 24.7 Å².